The molecule has 2 aliphatic rings. The van der Waals surface area contributed by atoms with E-state index in [1.165, 1.54) is 24.3 Å². The summed E-state index contributed by atoms with van der Waals surface area (Å²) in [5.74, 6) is -1.88. The normalized spacial score (nSPS) is 19.0. The van der Waals surface area contributed by atoms with Crippen molar-refractivity contribution in [3.63, 3.8) is 0 Å². The third-order valence-electron chi connectivity index (χ3n) is 7.91. The van der Waals surface area contributed by atoms with Crippen molar-refractivity contribution in [3.8, 4) is 17.2 Å². The van der Waals surface area contributed by atoms with Crippen LogP contribution < -0.4 is 5.56 Å². The number of aryl methyl sites for hydroxylation is 2. The molecule has 7 heteroatoms. The van der Waals surface area contributed by atoms with E-state index >= 15 is 0 Å². The van der Waals surface area contributed by atoms with Crippen molar-refractivity contribution in [2.45, 2.75) is 57.9 Å². The van der Waals surface area contributed by atoms with Gasteiger partial charge < -0.3 is 19.9 Å². The van der Waals surface area contributed by atoms with Crippen molar-refractivity contribution in [3.05, 3.63) is 74.1 Å². The van der Waals surface area contributed by atoms with Crippen LogP contribution in [0.2, 0.25) is 0 Å². The first-order valence-electron chi connectivity index (χ1n) is 11.9. The molecular formula is C28H25F2NO4. The molecule has 0 fully saturated rings. The first-order chi connectivity index (χ1) is 16.7. The first kappa shape index (κ1) is 21.9. The fourth-order valence-corrected chi connectivity index (χ4v) is 6.16. The van der Waals surface area contributed by atoms with Crippen molar-refractivity contribution in [1.82, 2.24) is 4.57 Å². The third-order valence-corrected chi connectivity index (χ3v) is 7.91. The van der Waals surface area contributed by atoms with E-state index in [0.29, 0.717) is 47.7 Å². The Morgan fingerprint density at radius 3 is 2.23 bits per heavy atom. The number of pyridine rings is 1. The molecule has 0 bridgehead atoms. The summed E-state index contributed by atoms with van der Waals surface area (Å²) in [7, 11) is 0. The minimum absolute atomic E-state index is 0.0416. The molecule has 2 atom stereocenters. The Morgan fingerprint density at radius 2 is 1.49 bits per heavy atom. The highest BCUT2D eigenvalue weighted by Crippen LogP contribution is 2.49. The van der Waals surface area contributed by atoms with Gasteiger partial charge in [-0.3, -0.25) is 4.79 Å². The van der Waals surface area contributed by atoms with Crippen LogP contribution in [0.4, 0.5) is 8.78 Å². The quantitative estimate of drug-likeness (QED) is 0.346. The summed E-state index contributed by atoms with van der Waals surface area (Å²) in [4.78, 5) is 13.6. The molecule has 4 aromatic rings. The molecule has 2 heterocycles. The second-order valence-corrected chi connectivity index (χ2v) is 10.0. The molecule has 6 rings (SSSR count). The maximum atomic E-state index is 14.4. The molecule has 5 nitrogen and oxygen atoms in total. The SMILES string of the molecule is C[C@H]1CCc2cc(F)cc3c(O)c(Cc4c(O)c5cc(F)cc6c5n(c4=O)[C@@H](C)CC6)c(O)c1c23. The average molecular weight is 478 g/mol. The zero-order chi connectivity index (χ0) is 24.8. The summed E-state index contributed by atoms with van der Waals surface area (Å²) in [6, 6.07) is 5.09. The van der Waals surface area contributed by atoms with Crippen molar-refractivity contribution in [1.29, 1.82) is 0 Å². The number of hydrogen-bond donors (Lipinski definition) is 3. The van der Waals surface area contributed by atoms with Crippen molar-refractivity contribution in [2.75, 3.05) is 0 Å². The van der Waals surface area contributed by atoms with Crippen LogP contribution in [0.5, 0.6) is 17.2 Å². The van der Waals surface area contributed by atoms with Crippen LogP contribution in [-0.2, 0) is 19.3 Å². The van der Waals surface area contributed by atoms with Gasteiger partial charge in [0.05, 0.1) is 11.1 Å². The standard InChI is InChI=1S/C28H25F2NO4/c1-12-3-5-14-7-16(29)9-18-23(14)22(12)27(34)20(25(18)32)11-21-26(33)19-10-17(30)8-15-6-4-13(2)31(24(15)19)28(21)35/h7-10,12-13,32-34H,3-6,11H2,1-2H3/t12-,13-/m0/s1. The van der Waals surface area contributed by atoms with E-state index in [4.69, 9.17) is 0 Å². The second-order valence-electron chi connectivity index (χ2n) is 10.0. The van der Waals surface area contributed by atoms with Crippen LogP contribution in [0.3, 0.4) is 0 Å². The van der Waals surface area contributed by atoms with Gasteiger partial charge in [0.1, 0.15) is 28.9 Å². The van der Waals surface area contributed by atoms with Crippen molar-refractivity contribution >= 4 is 21.7 Å². The van der Waals surface area contributed by atoms with Gasteiger partial charge in [-0.05, 0) is 79.3 Å². The molecule has 0 saturated carbocycles. The molecule has 1 aliphatic heterocycles. The highest BCUT2D eigenvalue weighted by Gasteiger charge is 2.31. The average Bonchev–Trinajstić information content (AvgIpc) is 2.81. The molecule has 35 heavy (non-hydrogen) atoms. The molecule has 0 spiro atoms. The lowest BCUT2D eigenvalue weighted by molar-refractivity contribution is 0.431. The first-order valence-corrected chi connectivity index (χ1v) is 11.9. The molecule has 0 amide bonds. The smallest absolute Gasteiger partial charge is 0.258 e. The third kappa shape index (κ3) is 3.00. The Kier molecular flexibility index (Phi) is 4.66. The van der Waals surface area contributed by atoms with Crippen LogP contribution in [0, 0.1) is 11.6 Å². The summed E-state index contributed by atoms with van der Waals surface area (Å²) in [5, 5.41) is 34.7. The summed E-state index contributed by atoms with van der Waals surface area (Å²) in [5.41, 5.74) is 2.07. The van der Waals surface area contributed by atoms with E-state index in [9.17, 15) is 28.9 Å². The highest BCUT2D eigenvalue weighted by molar-refractivity contribution is 5.98. The van der Waals surface area contributed by atoms with Crippen LogP contribution >= 0.6 is 0 Å². The van der Waals surface area contributed by atoms with Gasteiger partial charge >= 0.3 is 0 Å². The number of aromatic nitrogens is 1. The lowest BCUT2D eigenvalue weighted by Crippen LogP contribution is -2.30. The molecular weight excluding hydrogens is 452 g/mol. The highest BCUT2D eigenvalue weighted by atomic mass is 19.1. The Morgan fingerprint density at radius 1 is 0.857 bits per heavy atom. The predicted molar refractivity (Wildman–Crippen MR) is 130 cm³/mol. The molecule has 180 valence electrons. The van der Waals surface area contributed by atoms with Crippen LogP contribution in [0.1, 0.15) is 66.5 Å². The number of benzene rings is 3. The lowest BCUT2D eigenvalue weighted by atomic mass is 9.79. The fourth-order valence-electron chi connectivity index (χ4n) is 6.16. The number of nitrogens with zero attached hydrogens (tertiary/aromatic N) is 1. The summed E-state index contributed by atoms with van der Waals surface area (Å²) < 4.78 is 30.4. The van der Waals surface area contributed by atoms with E-state index in [1.807, 2.05) is 13.8 Å². The molecule has 1 aliphatic carbocycles. The maximum Gasteiger partial charge on any atom is 0.258 e. The van der Waals surface area contributed by atoms with Crippen LogP contribution in [0.15, 0.2) is 29.1 Å². The number of phenolic OH excluding ortho intramolecular Hbond substituents is 2. The minimum atomic E-state index is -0.508. The largest absolute Gasteiger partial charge is 0.507 e. The lowest BCUT2D eigenvalue weighted by Gasteiger charge is -2.28. The molecule has 0 unspecified atom stereocenters. The van der Waals surface area contributed by atoms with Gasteiger partial charge in [0.15, 0.2) is 0 Å². The van der Waals surface area contributed by atoms with E-state index < -0.39 is 17.2 Å². The Hall–Kier alpha value is -3.61. The van der Waals surface area contributed by atoms with Crippen LogP contribution in [-0.4, -0.2) is 19.9 Å². The van der Waals surface area contributed by atoms with E-state index in [1.54, 1.807) is 4.57 Å². The molecule has 0 saturated heterocycles. The van der Waals surface area contributed by atoms with Gasteiger partial charge in [0, 0.05) is 34.4 Å². The number of aromatic hydroxyl groups is 3. The number of hydrogen-bond acceptors (Lipinski definition) is 4. The van der Waals surface area contributed by atoms with Crippen molar-refractivity contribution in [2.24, 2.45) is 0 Å². The topological polar surface area (TPSA) is 82.7 Å². The Labute approximate surface area is 199 Å². The summed E-state index contributed by atoms with van der Waals surface area (Å²) in [6.45, 7) is 3.86. The minimum Gasteiger partial charge on any atom is -0.507 e. The number of phenols is 2. The molecule has 0 radical (unpaired) electrons. The molecule has 3 aromatic carbocycles. The Balaban J connectivity index is 1.66. The maximum absolute atomic E-state index is 14.4. The van der Waals surface area contributed by atoms with Gasteiger partial charge in [-0.2, -0.15) is 0 Å². The summed E-state index contributed by atoms with van der Waals surface area (Å²) in [6.07, 6.45) is 2.29. The second kappa shape index (κ2) is 7.44. The fraction of sp³-hybridized carbons (Fsp3) is 0.321. The van der Waals surface area contributed by atoms with Gasteiger partial charge in [-0.25, -0.2) is 8.78 Å². The zero-order valence-electron chi connectivity index (χ0n) is 19.5. The molecule has 3 N–H and O–H groups in total. The summed E-state index contributed by atoms with van der Waals surface area (Å²) >= 11 is 0. The Bertz CT molecular complexity index is 1640. The van der Waals surface area contributed by atoms with Gasteiger partial charge in [0.25, 0.3) is 5.56 Å². The van der Waals surface area contributed by atoms with Gasteiger partial charge in [-0.1, -0.05) is 6.92 Å². The zero-order valence-corrected chi connectivity index (χ0v) is 19.5. The van der Waals surface area contributed by atoms with Gasteiger partial charge in [0.2, 0.25) is 0 Å². The van der Waals surface area contributed by atoms with Crippen LogP contribution in [0.25, 0.3) is 21.7 Å². The van der Waals surface area contributed by atoms with Gasteiger partial charge in [-0.15, -0.1) is 0 Å². The number of rotatable bonds is 2. The van der Waals surface area contributed by atoms with E-state index in [0.717, 1.165) is 5.56 Å². The monoisotopic (exact) mass is 477 g/mol. The van der Waals surface area contributed by atoms with E-state index in [-0.39, 0.29) is 57.5 Å². The van der Waals surface area contributed by atoms with E-state index in [2.05, 4.69) is 0 Å². The predicted octanol–water partition coefficient (Wildman–Crippen LogP) is 5.70. The molecule has 1 aromatic heterocycles. The number of halogens is 2. The van der Waals surface area contributed by atoms with Crippen molar-refractivity contribution < 1.29 is 24.1 Å².